The number of nitrogens with zero attached hydrogens (tertiary/aromatic N) is 4. The van der Waals surface area contributed by atoms with E-state index in [0.717, 1.165) is 38.0 Å². The number of hydrogen-bond acceptors (Lipinski definition) is 5. The highest BCUT2D eigenvalue weighted by Gasteiger charge is 2.33. The summed E-state index contributed by atoms with van der Waals surface area (Å²) in [5.74, 6) is 0. The maximum Gasteiger partial charge on any atom is 0.270 e. The highest BCUT2D eigenvalue weighted by atomic mass is 16.6. The molecule has 2 aliphatic heterocycles. The lowest BCUT2D eigenvalue weighted by molar-refractivity contribution is -0.384. The number of nitro groups is 1. The Hall–Kier alpha value is -3.07. The largest absolute Gasteiger partial charge is 0.370 e. The van der Waals surface area contributed by atoms with Gasteiger partial charge in [-0.3, -0.25) is 10.1 Å². The van der Waals surface area contributed by atoms with Crippen LogP contribution in [0.15, 0.2) is 42.5 Å². The van der Waals surface area contributed by atoms with Gasteiger partial charge in [-0.2, -0.15) is 5.26 Å². The van der Waals surface area contributed by atoms with Crippen LogP contribution in [0, 0.1) is 21.4 Å². The summed E-state index contributed by atoms with van der Waals surface area (Å²) < 4.78 is 0. The average molecular weight is 362 g/mol. The first kappa shape index (κ1) is 17.3. The van der Waals surface area contributed by atoms with Gasteiger partial charge >= 0.3 is 0 Å². The van der Waals surface area contributed by atoms with Crippen molar-refractivity contribution >= 4 is 17.1 Å². The Balaban J connectivity index is 1.50. The molecule has 1 fully saturated rings. The zero-order valence-corrected chi connectivity index (χ0v) is 15.3. The average Bonchev–Trinajstić information content (AvgIpc) is 3.03. The third-order valence-corrected chi connectivity index (χ3v) is 5.77. The Morgan fingerprint density at radius 2 is 1.89 bits per heavy atom. The van der Waals surface area contributed by atoms with E-state index in [4.69, 9.17) is 0 Å². The summed E-state index contributed by atoms with van der Waals surface area (Å²) in [6.45, 7) is 3.99. The summed E-state index contributed by atoms with van der Waals surface area (Å²) >= 11 is 0. The number of nitro benzene ring substituents is 1. The number of nitriles is 1. The molecule has 0 N–H and O–H groups in total. The van der Waals surface area contributed by atoms with Crippen molar-refractivity contribution in [3.63, 3.8) is 0 Å². The lowest BCUT2D eigenvalue weighted by Gasteiger charge is -2.41. The molecule has 6 heteroatoms. The maximum atomic E-state index is 11.0. The van der Waals surface area contributed by atoms with Crippen LogP contribution in [-0.4, -0.2) is 30.1 Å². The summed E-state index contributed by atoms with van der Waals surface area (Å²) in [6.07, 6.45) is 3.12. The molecular weight excluding hydrogens is 340 g/mol. The van der Waals surface area contributed by atoms with Gasteiger partial charge in [-0.25, -0.2) is 0 Å². The Labute approximate surface area is 158 Å². The van der Waals surface area contributed by atoms with Crippen LogP contribution in [-0.2, 0) is 6.42 Å². The van der Waals surface area contributed by atoms with Crippen molar-refractivity contribution < 1.29 is 4.92 Å². The smallest absolute Gasteiger partial charge is 0.270 e. The number of para-hydroxylation sites is 1. The fourth-order valence-electron chi connectivity index (χ4n) is 4.53. The highest BCUT2D eigenvalue weighted by Crippen LogP contribution is 2.37. The van der Waals surface area contributed by atoms with Crippen molar-refractivity contribution in [1.29, 1.82) is 5.26 Å². The van der Waals surface area contributed by atoms with Gasteiger partial charge in [0.15, 0.2) is 0 Å². The molecule has 1 saturated heterocycles. The fraction of sp³-hybridized carbons (Fsp3) is 0.381. The van der Waals surface area contributed by atoms with E-state index in [2.05, 4.69) is 47.1 Å². The van der Waals surface area contributed by atoms with Crippen LogP contribution in [0.2, 0.25) is 0 Å². The van der Waals surface area contributed by atoms with Crippen LogP contribution in [0.5, 0.6) is 0 Å². The van der Waals surface area contributed by atoms with Gasteiger partial charge in [0.25, 0.3) is 5.69 Å². The zero-order valence-electron chi connectivity index (χ0n) is 15.3. The molecule has 0 radical (unpaired) electrons. The molecule has 138 valence electrons. The highest BCUT2D eigenvalue weighted by molar-refractivity contribution is 5.64. The first-order valence-electron chi connectivity index (χ1n) is 9.38. The molecule has 0 aliphatic carbocycles. The van der Waals surface area contributed by atoms with Crippen LogP contribution < -0.4 is 9.80 Å². The molecule has 1 atom stereocenters. The lowest BCUT2D eigenvalue weighted by Crippen LogP contribution is -2.47. The molecule has 2 aromatic rings. The van der Waals surface area contributed by atoms with Crippen molar-refractivity contribution in [2.75, 3.05) is 22.9 Å². The SMILES string of the molecule is CC1Cc2ccccc2N1C1CCN(c2ccc([N+](=O)[O-])cc2C#N)CC1. The molecule has 0 bridgehead atoms. The molecule has 0 saturated carbocycles. The number of non-ortho nitro benzene ring substituents is 1. The Kier molecular flexibility index (Phi) is 4.44. The minimum atomic E-state index is -0.455. The van der Waals surface area contributed by atoms with Gasteiger partial charge in [0, 0.05) is 43.0 Å². The van der Waals surface area contributed by atoms with E-state index in [1.807, 2.05) is 0 Å². The molecule has 2 aromatic carbocycles. The summed E-state index contributed by atoms with van der Waals surface area (Å²) in [5.41, 5.74) is 3.93. The van der Waals surface area contributed by atoms with E-state index in [9.17, 15) is 15.4 Å². The van der Waals surface area contributed by atoms with Crippen molar-refractivity contribution in [2.45, 2.75) is 38.3 Å². The first-order chi connectivity index (χ1) is 13.1. The van der Waals surface area contributed by atoms with Gasteiger partial charge in [0.05, 0.1) is 16.2 Å². The second-order valence-corrected chi connectivity index (χ2v) is 7.38. The Morgan fingerprint density at radius 1 is 1.15 bits per heavy atom. The third-order valence-electron chi connectivity index (χ3n) is 5.77. The predicted octanol–water partition coefficient (Wildman–Crippen LogP) is 3.89. The van der Waals surface area contributed by atoms with Gasteiger partial charge in [-0.05, 0) is 43.9 Å². The van der Waals surface area contributed by atoms with Crippen molar-refractivity contribution in [2.24, 2.45) is 0 Å². The molecule has 27 heavy (non-hydrogen) atoms. The summed E-state index contributed by atoms with van der Waals surface area (Å²) in [5, 5.41) is 20.4. The molecule has 2 aliphatic rings. The fourth-order valence-corrected chi connectivity index (χ4v) is 4.53. The molecule has 4 rings (SSSR count). The summed E-state index contributed by atoms with van der Waals surface area (Å²) in [4.78, 5) is 15.2. The van der Waals surface area contributed by atoms with E-state index in [0.29, 0.717) is 17.6 Å². The number of piperidine rings is 1. The van der Waals surface area contributed by atoms with Gasteiger partial charge in [-0.15, -0.1) is 0 Å². The topological polar surface area (TPSA) is 73.4 Å². The number of rotatable bonds is 3. The molecule has 2 heterocycles. The van der Waals surface area contributed by atoms with Crippen molar-refractivity contribution in [1.82, 2.24) is 0 Å². The number of fused-ring (bicyclic) bond motifs is 1. The minimum absolute atomic E-state index is 0.0346. The molecule has 0 amide bonds. The summed E-state index contributed by atoms with van der Waals surface area (Å²) in [7, 11) is 0. The van der Waals surface area contributed by atoms with Gasteiger partial charge < -0.3 is 9.80 Å². The number of hydrogen-bond donors (Lipinski definition) is 0. The van der Waals surface area contributed by atoms with Gasteiger partial charge in [0.2, 0.25) is 0 Å². The van der Waals surface area contributed by atoms with E-state index in [1.165, 1.54) is 23.4 Å². The van der Waals surface area contributed by atoms with Crippen LogP contribution in [0.3, 0.4) is 0 Å². The number of benzene rings is 2. The van der Waals surface area contributed by atoms with Crippen molar-refractivity contribution in [3.8, 4) is 6.07 Å². The molecular formula is C21H22N4O2. The van der Waals surface area contributed by atoms with Crippen LogP contribution >= 0.6 is 0 Å². The zero-order chi connectivity index (χ0) is 19.0. The maximum absolute atomic E-state index is 11.0. The molecule has 1 unspecified atom stereocenters. The van der Waals surface area contributed by atoms with Gasteiger partial charge in [0.1, 0.15) is 6.07 Å². The second kappa shape index (κ2) is 6.92. The standard InChI is InChI=1S/C21H22N4O2/c1-15-12-16-4-2-3-5-21(16)24(15)18-8-10-23(11-9-18)20-7-6-19(25(26)27)13-17(20)14-22/h2-7,13,15,18H,8-12H2,1H3. The molecule has 6 nitrogen and oxygen atoms in total. The minimum Gasteiger partial charge on any atom is -0.370 e. The lowest BCUT2D eigenvalue weighted by atomic mass is 10.00. The van der Waals surface area contributed by atoms with Crippen molar-refractivity contribution in [3.05, 3.63) is 63.7 Å². The van der Waals surface area contributed by atoms with Gasteiger partial charge in [-0.1, -0.05) is 18.2 Å². The molecule has 0 spiro atoms. The van der Waals surface area contributed by atoms with E-state index in [1.54, 1.807) is 6.07 Å². The first-order valence-corrected chi connectivity index (χ1v) is 9.38. The monoisotopic (exact) mass is 362 g/mol. The van der Waals surface area contributed by atoms with E-state index >= 15 is 0 Å². The van der Waals surface area contributed by atoms with Crippen LogP contribution in [0.25, 0.3) is 0 Å². The van der Waals surface area contributed by atoms with Crippen LogP contribution in [0.1, 0.15) is 30.9 Å². The summed E-state index contributed by atoms with van der Waals surface area (Å²) in [6, 6.07) is 16.3. The van der Waals surface area contributed by atoms with E-state index in [-0.39, 0.29) is 5.69 Å². The molecule has 0 aromatic heterocycles. The Morgan fingerprint density at radius 3 is 2.59 bits per heavy atom. The van der Waals surface area contributed by atoms with E-state index < -0.39 is 4.92 Å². The second-order valence-electron chi connectivity index (χ2n) is 7.38. The third kappa shape index (κ3) is 3.10. The van der Waals surface area contributed by atoms with Crippen LogP contribution in [0.4, 0.5) is 17.1 Å². The predicted molar refractivity (Wildman–Crippen MR) is 105 cm³/mol. The Bertz CT molecular complexity index is 913. The quantitative estimate of drug-likeness (QED) is 0.612. The number of anilines is 2. The normalized spacial score (nSPS) is 19.6.